The van der Waals surface area contributed by atoms with Gasteiger partial charge in [-0.25, -0.2) is 9.97 Å². The van der Waals surface area contributed by atoms with Crippen molar-refractivity contribution in [2.24, 2.45) is 0 Å². The van der Waals surface area contributed by atoms with Crippen molar-refractivity contribution in [1.29, 1.82) is 0 Å². The van der Waals surface area contributed by atoms with E-state index in [9.17, 15) is 0 Å². The molecule has 0 bridgehead atoms. The number of fused-ring (bicyclic) bond motifs is 3. The lowest BCUT2D eigenvalue weighted by Gasteiger charge is -2.35. The second-order valence-electron chi connectivity index (χ2n) is 11.6. The van der Waals surface area contributed by atoms with E-state index in [1.807, 2.05) is 24.4 Å². The lowest BCUT2D eigenvalue weighted by atomic mass is 9.93. The fourth-order valence-electron chi connectivity index (χ4n) is 6.25. The van der Waals surface area contributed by atoms with E-state index >= 15 is 0 Å². The van der Waals surface area contributed by atoms with E-state index in [1.165, 1.54) is 31.6 Å². The molecule has 3 heterocycles. The van der Waals surface area contributed by atoms with Gasteiger partial charge in [0, 0.05) is 28.5 Å². The molecule has 4 nitrogen and oxygen atoms in total. The molecule has 0 aliphatic heterocycles. The Morgan fingerprint density at radius 1 is 0.745 bits per heavy atom. The van der Waals surface area contributed by atoms with Gasteiger partial charge in [0.1, 0.15) is 10.0 Å². The average Bonchev–Trinajstić information content (AvgIpc) is 3.76. The molecule has 1 aliphatic carbocycles. The van der Waals surface area contributed by atoms with Gasteiger partial charge in [0.2, 0.25) is 0 Å². The molecule has 3 aromatic heterocycles. The summed E-state index contributed by atoms with van der Waals surface area (Å²) in [5, 5.41) is 3.23. The molecule has 4 aromatic carbocycles. The molecule has 0 fully saturated rings. The zero-order chi connectivity index (χ0) is 31.6. The molecule has 0 saturated carbocycles. The van der Waals surface area contributed by atoms with E-state index in [2.05, 4.69) is 132 Å². The van der Waals surface area contributed by atoms with Gasteiger partial charge in [0.15, 0.2) is 0 Å². The van der Waals surface area contributed by atoms with Crippen molar-refractivity contribution in [3.63, 3.8) is 0 Å². The van der Waals surface area contributed by atoms with E-state index in [4.69, 9.17) is 9.97 Å². The van der Waals surface area contributed by atoms with Crippen molar-refractivity contribution in [2.45, 2.75) is 25.3 Å². The Hall–Kier alpha value is -5.17. The number of para-hydroxylation sites is 2. The molecule has 0 saturated heterocycles. The molecule has 1 unspecified atom stereocenters. The van der Waals surface area contributed by atoms with Crippen LogP contribution in [0, 0.1) is 0 Å². The lowest BCUT2D eigenvalue weighted by molar-refractivity contribution is 0.729. The SMILES string of the molecule is C=CC(C/C=C/c1nc2ccccc2s1)N(C1=CC=C(c2ccc3ncccc3c2)CC1)c1ccc(-c2nc3ccccc3s2)cc1. The molecular formula is C41H32N4S2. The van der Waals surface area contributed by atoms with Crippen LogP contribution >= 0.6 is 22.7 Å². The van der Waals surface area contributed by atoms with Crippen molar-refractivity contribution >= 4 is 71.3 Å². The number of hydrogen-bond acceptors (Lipinski definition) is 6. The molecule has 0 N–H and O–H groups in total. The average molecular weight is 645 g/mol. The number of aromatic nitrogens is 3. The standard InChI is InChI=1S/C41H32N4S2/c1-2-32(10-7-15-40-43-36-11-3-5-13-38(36)46-40)45(34-23-18-29(19-24-34)41-44-37-12-4-6-14-39(37)47-41)33-21-16-28(17-22-33)30-20-25-35-31(27-30)9-8-26-42-35/h2-9,11-16,18-21,23-27,32H,1,10,17,22H2/b15-7+. The van der Waals surface area contributed by atoms with Gasteiger partial charge in [-0.2, -0.15) is 0 Å². The van der Waals surface area contributed by atoms with Crippen LogP contribution in [0.2, 0.25) is 0 Å². The van der Waals surface area contributed by atoms with Crippen LogP contribution in [0.1, 0.15) is 29.8 Å². The Bertz CT molecular complexity index is 2260. The predicted octanol–water partition coefficient (Wildman–Crippen LogP) is 11.3. The molecule has 1 aliphatic rings. The molecule has 228 valence electrons. The van der Waals surface area contributed by atoms with Crippen LogP contribution in [0.3, 0.4) is 0 Å². The summed E-state index contributed by atoms with van der Waals surface area (Å²) in [4.78, 5) is 16.6. The molecule has 7 aromatic rings. The third-order valence-corrected chi connectivity index (χ3v) is 10.7. The van der Waals surface area contributed by atoms with E-state index in [1.54, 1.807) is 22.7 Å². The number of rotatable bonds is 9. The smallest absolute Gasteiger partial charge is 0.124 e. The minimum atomic E-state index is 0.0712. The van der Waals surface area contributed by atoms with E-state index in [-0.39, 0.29) is 6.04 Å². The van der Waals surface area contributed by atoms with E-state index in [0.717, 1.165) is 57.1 Å². The molecule has 6 heteroatoms. The normalized spacial score (nSPS) is 14.0. The highest BCUT2D eigenvalue weighted by atomic mass is 32.1. The third-order valence-electron chi connectivity index (χ3n) is 8.65. The number of benzene rings is 4. The topological polar surface area (TPSA) is 41.9 Å². The summed E-state index contributed by atoms with van der Waals surface area (Å²) in [5.74, 6) is 0. The zero-order valence-corrected chi connectivity index (χ0v) is 27.4. The first-order chi connectivity index (χ1) is 23.2. The van der Waals surface area contributed by atoms with Gasteiger partial charge in [-0.05, 0) is 109 Å². The first-order valence-electron chi connectivity index (χ1n) is 15.9. The summed E-state index contributed by atoms with van der Waals surface area (Å²) in [5.41, 5.74) is 9.27. The van der Waals surface area contributed by atoms with Gasteiger partial charge in [0.05, 0.1) is 32.0 Å². The first kappa shape index (κ1) is 29.2. The molecule has 1 atom stereocenters. The Morgan fingerprint density at radius 3 is 2.26 bits per heavy atom. The Balaban J connectivity index is 1.11. The highest BCUT2D eigenvalue weighted by molar-refractivity contribution is 7.21. The van der Waals surface area contributed by atoms with Crippen LogP contribution in [0.15, 0.2) is 146 Å². The number of anilines is 1. The summed E-state index contributed by atoms with van der Waals surface area (Å²) < 4.78 is 2.41. The van der Waals surface area contributed by atoms with Gasteiger partial charge in [-0.3, -0.25) is 4.98 Å². The summed E-state index contributed by atoms with van der Waals surface area (Å²) in [6.07, 6.45) is 15.6. The van der Waals surface area contributed by atoms with Crippen molar-refractivity contribution < 1.29 is 0 Å². The van der Waals surface area contributed by atoms with Crippen molar-refractivity contribution in [3.05, 3.63) is 156 Å². The van der Waals surface area contributed by atoms with Crippen molar-refractivity contribution in [3.8, 4) is 10.6 Å². The largest absolute Gasteiger partial charge is 0.338 e. The monoisotopic (exact) mass is 644 g/mol. The molecule has 0 spiro atoms. The third kappa shape index (κ3) is 6.06. The minimum Gasteiger partial charge on any atom is -0.338 e. The van der Waals surface area contributed by atoms with Crippen molar-refractivity contribution in [2.75, 3.05) is 4.90 Å². The quantitative estimate of drug-likeness (QED) is 0.147. The lowest BCUT2D eigenvalue weighted by Crippen LogP contribution is -2.33. The second kappa shape index (κ2) is 12.9. The Kier molecular flexibility index (Phi) is 8.03. The van der Waals surface area contributed by atoms with Crippen LogP contribution in [-0.4, -0.2) is 21.0 Å². The molecule has 0 amide bonds. The van der Waals surface area contributed by atoms with Crippen LogP contribution in [0.4, 0.5) is 5.69 Å². The fourth-order valence-corrected chi connectivity index (χ4v) is 8.12. The highest BCUT2D eigenvalue weighted by Gasteiger charge is 2.22. The number of pyridine rings is 1. The summed E-state index contributed by atoms with van der Waals surface area (Å²) in [6, 6.07) is 36.3. The second-order valence-corrected chi connectivity index (χ2v) is 13.7. The van der Waals surface area contributed by atoms with Crippen LogP contribution < -0.4 is 4.90 Å². The van der Waals surface area contributed by atoms with Gasteiger partial charge >= 0.3 is 0 Å². The van der Waals surface area contributed by atoms with Gasteiger partial charge in [-0.1, -0.05) is 54.6 Å². The van der Waals surface area contributed by atoms with Crippen LogP contribution in [-0.2, 0) is 0 Å². The van der Waals surface area contributed by atoms with E-state index < -0.39 is 0 Å². The number of allylic oxidation sites excluding steroid dienone is 4. The molecule has 47 heavy (non-hydrogen) atoms. The highest BCUT2D eigenvalue weighted by Crippen LogP contribution is 2.36. The van der Waals surface area contributed by atoms with Gasteiger partial charge in [0.25, 0.3) is 0 Å². The zero-order valence-electron chi connectivity index (χ0n) is 25.8. The first-order valence-corrected chi connectivity index (χ1v) is 17.5. The van der Waals surface area contributed by atoms with Crippen LogP contribution in [0.25, 0.3) is 53.6 Å². The Labute approximate surface area is 282 Å². The van der Waals surface area contributed by atoms with Crippen molar-refractivity contribution in [1.82, 2.24) is 15.0 Å². The predicted molar refractivity (Wildman–Crippen MR) is 202 cm³/mol. The minimum absolute atomic E-state index is 0.0712. The van der Waals surface area contributed by atoms with Gasteiger partial charge < -0.3 is 4.90 Å². The summed E-state index contributed by atoms with van der Waals surface area (Å²) in [7, 11) is 0. The molecular weight excluding hydrogens is 613 g/mol. The maximum Gasteiger partial charge on any atom is 0.124 e. The molecule has 8 rings (SSSR count). The fraction of sp³-hybridized carbons (Fsp3) is 0.0976. The van der Waals surface area contributed by atoms with Gasteiger partial charge in [-0.15, -0.1) is 29.3 Å². The van der Waals surface area contributed by atoms with E-state index in [0.29, 0.717) is 0 Å². The molecule has 0 radical (unpaired) electrons. The summed E-state index contributed by atoms with van der Waals surface area (Å²) >= 11 is 3.46. The number of thiazole rings is 2. The summed E-state index contributed by atoms with van der Waals surface area (Å²) in [6.45, 7) is 4.30. The van der Waals surface area contributed by atoms with Crippen LogP contribution in [0.5, 0.6) is 0 Å². The Morgan fingerprint density at radius 2 is 1.51 bits per heavy atom. The number of hydrogen-bond donors (Lipinski definition) is 0. The number of nitrogens with zero attached hydrogens (tertiary/aromatic N) is 4. The maximum atomic E-state index is 4.89. The maximum absolute atomic E-state index is 4.89.